The van der Waals surface area contributed by atoms with Crippen LogP contribution in [0.5, 0.6) is 0 Å². The van der Waals surface area contributed by atoms with Crippen molar-refractivity contribution >= 4 is 10.9 Å². The summed E-state index contributed by atoms with van der Waals surface area (Å²) in [5, 5.41) is 11.6. The summed E-state index contributed by atoms with van der Waals surface area (Å²) < 4.78 is 0. The van der Waals surface area contributed by atoms with Gasteiger partial charge in [-0.15, -0.1) is 0 Å². The number of aromatic amines is 1. The molecule has 2 aliphatic heterocycles. The summed E-state index contributed by atoms with van der Waals surface area (Å²) in [7, 11) is 0. The van der Waals surface area contributed by atoms with Crippen LogP contribution in [0.25, 0.3) is 10.9 Å². The van der Waals surface area contributed by atoms with Crippen LogP contribution in [0.2, 0.25) is 0 Å². The van der Waals surface area contributed by atoms with E-state index >= 15 is 0 Å². The van der Waals surface area contributed by atoms with Crippen LogP contribution in [0, 0.1) is 0 Å². The fraction of sp³-hybridized carbons (Fsp3) is 0.571. The number of hydrogen-bond donors (Lipinski definition) is 2. The molecule has 2 fully saturated rings. The van der Waals surface area contributed by atoms with E-state index in [4.69, 9.17) is 0 Å². The Bertz CT molecular complexity index is 885. The fourth-order valence-corrected chi connectivity index (χ4v) is 5.09. The number of aliphatic hydroxyl groups is 1. The van der Waals surface area contributed by atoms with Gasteiger partial charge in [0.25, 0.3) is 5.56 Å². The second-order valence-corrected chi connectivity index (χ2v) is 8.26. The Morgan fingerprint density at radius 1 is 1.04 bits per heavy atom. The van der Waals surface area contributed by atoms with Crippen LogP contribution in [-0.4, -0.2) is 58.2 Å². The molecule has 5 heteroatoms. The minimum absolute atomic E-state index is 0.00885. The lowest BCUT2D eigenvalue weighted by Gasteiger charge is -2.25. The summed E-state index contributed by atoms with van der Waals surface area (Å²) in [6.07, 6.45) is 5.65. The van der Waals surface area contributed by atoms with Gasteiger partial charge in [-0.2, -0.15) is 0 Å². The van der Waals surface area contributed by atoms with Crippen LogP contribution in [0.4, 0.5) is 0 Å². The molecule has 0 amide bonds. The molecule has 26 heavy (non-hydrogen) atoms. The van der Waals surface area contributed by atoms with Gasteiger partial charge in [0.1, 0.15) is 0 Å². The monoisotopic (exact) mass is 353 g/mol. The van der Waals surface area contributed by atoms with Crippen molar-refractivity contribution in [3.8, 4) is 0 Å². The molecule has 0 spiro atoms. The third kappa shape index (κ3) is 2.88. The zero-order chi connectivity index (χ0) is 17.7. The number of aryl methyl sites for hydroxylation is 2. The number of fused-ring (bicyclic) bond motifs is 2. The van der Waals surface area contributed by atoms with Crippen molar-refractivity contribution in [2.24, 2.45) is 0 Å². The van der Waals surface area contributed by atoms with Crippen molar-refractivity contribution in [2.45, 2.75) is 50.8 Å². The maximum Gasteiger partial charge on any atom is 0.252 e. The van der Waals surface area contributed by atoms with Gasteiger partial charge in [-0.1, -0.05) is 0 Å². The summed E-state index contributed by atoms with van der Waals surface area (Å²) in [5.41, 5.74) is 4.59. The summed E-state index contributed by atoms with van der Waals surface area (Å²) >= 11 is 0. The number of β-amino-alcohol motifs (C(OH)–C–C–N with tert-alkyl or cyclic N) is 1. The number of H-pyrrole nitrogens is 1. The number of nitrogens with zero attached hydrogens (tertiary/aromatic N) is 2. The van der Waals surface area contributed by atoms with Crippen LogP contribution < -0.4 is 5.56 Å². The molecule has 3 heterocycles. The summed E-state index contributed by atoms with van der Waals surface area (Å²) in [5.74, 6) is 0. The highest BCUT2D eigenvalue weighted by Crippen LogP contribution is 2.27. The number of nitrogens with one attached hydrogen (secondary N) is 1. The predicted molar refractivity (Wildman–Crippen MR) is 102 cm³/mol. The molecule has 0 radical (unpaired) electrons. The summed E-state index contributed by atoms with van der Waals surface area (Å²) in [4.78, 5) is 20.3. The number of aliphatic hydroxyl groups excluding tert-OH is 1. The topological polar surface area (TPSA) is 59.6 Å². The lowest BCUT2D eigenvalue weighted by molar-refractivity contribution is 0.0978. The van der Waals surface area contributed by atoms with Gasteiger partial charge in [-0.05, 0) is 79.9 Å². The fourth-order valence-electron chi connectivity index (χ4n) is 5.09. The molecule has 2 N–H and O–H groups in total. The van der Waals surface area contributed by atoms with Crippen molar-refractivity contribution in [1.82, 2.24) is 14.8 Å². The highest BCUT2D eigenvalue weighted by atomic mass is 16.3. The minimum atomic E-state index is -0.309. The van der Waals surface area contributed by atoms with Crippen molar-refractivity contribution in [3.63, 3.8) is 0 Å². The predicted octanol–water partition coefficient (Wildman–Crippen LogP) is 1.66. The molecule has 5 nitrogen and oxygen atoms in total. The first kappa shape index (κ1) is 16.5. The van der Waals surface area contributed by atoms with Crippen molar-refractivity contribution in [3.05, 3.63) is 45.2 Å². The molecule has 0 saturated carbocycles. The average Bonchev–Trinajstić information content (AvgIpc) is 3.34. The van der Waals surface area contributed by atoms with Gasteiger partial charge < -0.3 is 10.1 Å². The van der Waals surface area contributed by atoms with E-state index < -0.39 is 0 Å². The molecule has 1 aliphatic carbocycles. The maximum absolute atomic E-state index is 12.6. The van der Waals surface area contributed by atoms with E-state index in [-0.39, 0.29) is 17.7 Å². The molecule has 1 aromatic carbocycles. The first-order valence-electron chi connectivity index (χ1n) is 9.99. The number of benzene rings is 1. The van der Waals surface area contributed by atoms with Gasteiger partial charge in [0.15, 0.2) is 0 Å². The number of pyridine rings is 1. The molecule has 3 aliphatic rings. The van der Waals surface area contributed by atoms with Crippen LogP contribution in [0.3, 0.4) is 0 Å². The van der Waals surface area contributed by atoms with E-state index in [1.54, 1.807) is 0 Å². The molecular weight excluding hydrogens is 326 g/mol. The van der Waals surface area contributed by atoms with Gasteiger partial charge in [-0.3, -0.25) is 14.6 Å². The molecule has 138 valence electrons. The van der Waals surface area contributed by atoms with Crippen molar-refractivity contribution in [1.29, 1.82) is 0 Å². The van der Waals surface area contributed by atoms with Crippen LogP contribution in [0.1, 0.15) is 36.0 Å². The Balaban J connectivity index is 1.38. The Morgan fingerprint density at radius 2 is 1.81 bits per heavy atom. The van der Waals surface area contributed by atoms with Gasteiger partial charge in [0.2, 0.25) is 0 Å². The quantitative estimate of drug-likeness (QED) is 0.881. The minimum Gasteiger partial charge on any atom is -0.390 e. The molecule has 0 unspecified atom stereocenters. The molecule has 5 rings (SSSR count). The number of hydrogen-bond acceptors (Lipinski definition) is 4. The Labute approximate surface area is 153 Å². The molecular formula is C21H27N3O2. The van der Waals surface area contributed by atoms with E-state index in [2.05, 4.69) is 33.0 Å². The molecule has 1 aromatic heterocycles. The second-order valence-electron chi connectivity index (χ2n) is 8.26. The first-order chi connectivity index (χ1) is 12.7. The lowest BCUT2D eigenvalue weighted by atomic mass is 10.0. The highest BCUT2D eigenvalue weighted by molar-refractivity contribution is 5.81. The highest BCUT2D eigenvalue weighted by Gasteiger charge is 2.36. The van der Waals surface area contributed by atoms with Gasteiger partial charge in [0.05, 0.1) is 6.10 Å². The van der Waals surface area contributed by atoms with E-state index in [9.17, 15) is 9.90 Å². The average molecular weight is 353 g/mol. The third-order valence-electron chi connectivity index (χ3n) is 6.47. The van der Waals surface area contributed by atoms with Crippen LogP contribution in [-0.2, 0) is 19.4 Å². The number of aromatic nitrogens is 1. The van der Waals surface area contributed by atoms with E-state index in [0.29, 0.717) is 13.1 Å². The first-order valence-corrected chi connectivity index (χ1v) is 9.99. The number of likely N-dealkylation sites (tertiary alicyclic amines) is 2. The van der Waals surface area contributed by atoms with Crippen LogP contribution >= 0.6 is 0 Å². The molecule has 0 bridgehead atoms. The van der Waals surface area contributed by atoms with E-state index in [1.165, 1.54) is 30.4 Å². The maximum atomic E-state index is 12.6. The SMILES string of the molecule is O=c1[nH]c2cc3c(cc2cc1CN1C[C@H](O)[C@@H](N2CCCC2)C1)CCC3. The van der Waals surface area contributed by atoms with Crippen molar-refractivity contribution in [2.75, 3.05) is 26.2 Å². The van der Waals surface area contributed by atoms with Gasteiger partial charge in [-0.25, -0.2) is 0 Å². The third-order valence-corrected chi connectivity index (χ3v) is 6.47. The Morgan fingerprint density at radius 3 is 2.62 bits per heavy atom. The second kappa shape index (κ2) is 6.48. The lowest BCUT2D eigenvalue weighted by Crippen LogP contribution is -2.41. The summed E-state index contributed by atoms with van der Waals surface area (Å²) in [6, 6.07) is 6.69. The van der Waals surface area contributed by atoms with E-state index in [1.807, 2.05) is 0 Å². The smallest absolute Gasteiger partial charge is 0.252 e. The Kier molecular flexibility index (Phi) is 4.11. The normalized spacial score (nSPS) is 26.8. The summed E-state index contributed by atoms with van der Waals surface area (Å²) in [6.45, 7) is 4.31. The molecule has 2 atom stereocenters. The zero-order valence-corrected chi connectivity index (χ0v) is 15.2. The van der Waals surface area contributed by atoms with Gasteiger partial charge >= 0.3 is 0 Å². The van der Waals surface area contributed by atoms with Crippen molar-refractivity contribution < 1.29 is 5.11 Å². The van der Waals surface area contributed by atoms with Gasteiger partial charge in [0, 0.05) is 36.8 Å². The van der Waals surface area contributed by atoms with Crippen LogP contribution in [0.15, 0.2) is 23.0 Å². The zero-order valence-electron chi connectivity index (χ0n) is 15.2. The largest absolute Gasteiger partial charge is 0.390 e. The standard InChI is InChI=1S/C21H27N3O2/c25-20-13-23(12-19(20)24-6-1-2-7-24)11-17-9-16-8-14-4-3-5-15(14)10-18(16)22-21(17)26/h8-10,19-20,25H,1-7,11-13H2,(H,22,26)/t19-,20-/m0/s1. The number of rotatable bonds is 3. The molecule has 2 saturated heterocycles. The Hall–Kier alpha value is -1.69. The van der Waals surface area contributed by atoms with E-state index in [0.717, 1.165) is 48.9 Å². The molecule has 2 aromatic rings.